The van der Waals surface area contributed by atoms with Crippen molar-refractivity contribution >= 4 is 46.3 Å². The molecule has 20 heavy (non-hydrogen) atoms. The number of anilines is 1. The first-order chi connectivity index (χ1) is 9.61. The highest BCUT2D eigenvalue weighted by Gasteiger charge is 2.14. The van der Waals surface area contributed by atoms with E-state index in [9.17, 15) is 9.59 Å². The van der Waals surface area contributed by atoms with Crippen molar-refractivity contribution in [3.8, 4) is 0 Å². The van der Waals surface area contributed by atoms with E-state index >= 15 is 0 Å². The number of aryl methyl sites for hydroxylation is 1. The Morgan fingerprint density at radius 2 is 2.00 bits per heavy atom. The normalized spacial score (nSPS) is 10.7. The summed E-state index contributed by atoms with van der Waals surface area (Å²) in [5, 5.41) is 6.38. The van der Waals surface area contributed by atoms with Gasteiger partial charge in [-0.25, -0.2) is 4.79 Å². The summed E-state index contributed by atoms with van der Waals surface area (Å²) in [7, 11) is 1.31. The second-order valence-corrected chi connectivity index (χ2v) is 5.81. The largest absolute Gasteiger partial charge is 0.465 e. The molecule has 0 saturated carbocycles. The lowest BCUT2D eigenvalue weighted by molar-refractivity contribution is -0.111. The predicted molar refractivity (Wildman–Crippen MR) is 82.4 cm³/mol. The van der Waals surface area contributed by atoms with Gasteiger partial charge >= 0.3 is 5.97 Å². The highest BCUT2D eigenvalue weighted by atomic mass is 32.1. The SMILES string of the molecule is COC(=O)c1sccc1NC(=O)/C=C/c1sccc1C. The molecule has 0 aliphatic heterocycles. The van der Waals surface area contributed by atoms with Crippen LogP contribution in [0, 0.1) is 6.92 Å². The van der Waals surface area contributed by atoms with Gasteiger partial charge in [-0.2, -0.15) is 0 Å². The average molecular weight is 307 g/mol. The van der Waals surface area contributed by atoms with Crippen LogP contribution in [0.1, 0.15) is 20.1 Å². The maximum Gasteiger partial charge on any atom is 0.350 e. The highest BCUT2D eigenvalue weighted by Crippen LogP contribution is 2.23. The predicted octanol–water partition coefficient (Wildman–Crippen LogP) is 3.56. The minimum Gasteiger partial charge on any atom is -0.465 e. The van der Waals surface area contributed by atoms with E-state index in [-0.39, 0.29) is 5.91 Å². The van der Waals surface area contributed by atoms with Gasteiger partial charge in [0.25, 0.3) is 0 Å². The molecule has 0 spiro atoms. The summed E-state index contributed by atoms with van der Waals surface area (Å²) in [4.78, 5) is 24.8. The zero-order chi connectivity index (χ0) is 14.5. The Bertz CT molecular complexity index is 655. The van der Waals surface area contributed by atoms with Crippen LogP contribution in [0.3, 0.4) is 0 Å². The van der Waals surface area contributed by atoms with Crippen LogP contribution in [0.25, 0.3) is 6.08 Å². The highest BCUT2D eigenvalue weighted by molar-refractivity contribution is 7.12. The molecule has 2 rings (SSSR count). The van der Waals surface area contributed by atoms with Gasteiger partial charge in [0.1, 0.15) is 4.88 Å². The van der Waals surface area contributed by atoms with Gasteiger partial charge in [-0.05, 0) is 41.5 Å². The summed E-state index contributed by atoms with van der Waals surface area (Å²) in [6.07, 6.45) is 3.22. The molecule has 6 heteroatoms. The van der Waals surface area contributed by atoms with Gasteiger partial charge in [0.2, 0.25) is 5.91 Å². The first kappa shape index (κ1) is 14.5. The topological polar surface area (TPSA) is 55.4 Å². The van der Waals surface area contributed by atoms with Crippen molar-refractivity contribution in [3.63, 3.8) is 0 Å². The van der Waals surface area contributed by atoms with Crippen LogP contribution in [0.4, 0.5) is 5.69 Å². The number of rotatable bonds is 4. The van der Waals surface area contributed by atoms with Gasteiger partial charge in [-0.1, -0.05) is 0 Å². The Hall–Kier alpha value is -1.92. The van der Waals surface area contributed by atoms with Crippen LogP contribution in [-0.2, 0) is 9.53 Å². The number of nitrogens with one attached hydrogen (secondary N) is 1. The van der Waals surface area contributed by atoms with Crippen molar-refractivity contribution in [1.29, 1.82) is 0 Å². The van der Waals surface area contributed by atoms with Gasteiger partial charge in [0.05, 0.1) is 12.8 Å². The lowest BCUT2D eigenvalue weighted by Gasteiger charge is -2.02. The van der Waals surface area contributed by atoms with E-state index in [1.54, 1.807) is 28.9 Å². The average Bonchev–Trinajstić information content (AvgIpc) is 3.05. The molecule has 0 atom stereocenters. The molecule has 2 aromatic heterocycles. The molecule has 0 aliphatic carbocycles. The number of methoxy groups -OCH3 is 1. The molecule has 1 N–H and O–H groups in total. The number of esters is 1. The number of hydrogen-bond donors (Lipinski definition) is 1. The minimum atomic E-state index is -0.451. The van der Waals surface area contributed by atoms with Crippen molar-refractivity contribution in [3.05, 3.63) is 44.3 Å². The van der Waals surface area contributed by atoms with Gasteiger partial charge in [-0.15, -0.1) is 22.7 Å². The molecule has 0 unspecified atom stereocenters. The maximum absolute atomic E-state index is 11.8. The fraction of sp³-hybridized carbons (Fsp3) is 0.143. The lowest BCUT2D eigenvalue weighted by atomic mass is 10.3. The minimum absolute atomic E-state index is 0.277. The molecule has 0 saturated heterocycles. The summed E-state index contributed by atoms with van der Waals surface area (Å²) < 4.78 is 4.66. The first-order valence-electron chi connectivity index (χ1n) is 5.80. The monoisotopic (exact) mass is 307 g/mol. The molecule has 0 radical (unpaired) electrons. The molecule has 0 fully saturated rings. The molecule has 2 aromatic rings. The van der Waals surface area contributed by atoms with Crippen LogP contribution >= 0.6 is 22.7 Å². The van der Waals surface area contributed by atoms with E-state index in [4.69, 9.17) is 0 Å². The maximum atomic E-state index is 11.8. The standard InChI is InChI=1S/C14H13NO3S2/c1-9-5-7-19-11(9)3-4-12(16)15-10-6-8-20-13(10)14(17)18-2/h3-8H,1-2H3,(H,15,16)/b4-3+. The summed E-state index contributed by atoms with van der Waals surface area (Å²) >= 11 is 2.80. The Morgan fingerprint density at radius 3 is 2.65 bits per heavy atom. The number of thiophene rings is 2. The van der Waals surface area contributed by atoms with E-state index in [1.807, 2.05) is 18.4 Å². The van der Waals surface area contributed by atoms with Crippen molar-refractivity contribution in [1.82, 2.24) is 0 Å². The van der Waals surface area contributed by atoms with Crippen molar-refractivity contribution in [2.75, 3.05) is 12.4 Å². The zero-order valence-electron chi connectivity index (χ0n) is 11.0. The van der Waals surface area contributed by atoms with Crippen LogP contribution in [0.15, 0.2) is 29.0 Å². The van der Waals surface area contributed by atoms with Gasteiger partial charge in [0, 0.05) is 11.0 Å². The fourth-order valence-corrected chi connectivity index (χ4v) is 3.12. The third-order valence-electron chi connectivity index (χ3n) is 2.58. The number of carbonyl (C=O) groups is 2. The van der Waals surface area contributed by atoms with Crippen LogP contribution in [0.5, 0.6) is 0 Å². The van der Waals surface area contributed by atoms with Crippen molar-refractivity contribution in [2.45, 2.75) is 6.92 Å². The molecular formula is C14H13NO3S2. The van der Waals surface area contributed by atoms with Gasteiger partial charge < -0.3 is 10.1 Å². The number of ether oxygens (including phenoxy) is 1. The lowest BCUT2D eigenvalue weighted by Crippen LogP contribution is -2.10. The number of amides is 1. The Morgan fingerprint density at radius 1 is 1.25 bits per heavy atom. The van der Waals surface area contributed by atoms with Crippen LogP contribution in [0.2, 0.25) is 0 Å². The summed E-state index contributed by atoms with van der Waals surface area (Å²) in [6, 6.07) is 3.68. The molecule has 0 aliphatic rings. The zero-order valence-corrected chi connectivity index (χ0v) is 12.6. The van der Waals surface area contributed by atoms with Gasteiger partial charge in [-0.3, -0.25) is 4.79 Å². The van der Waals surface area contributed by atoms with Gasteiger partial charge in [0.15, 0.2) is 0 Å². The summed E-state index contributed by atoms with van der Waals surface area (Å²) in [5.41, 5.74) is 1.60. The quantitative estimate of drug-likeness (QED) is 0.694. The molecule has 104 valence electrons. The Kier molecular flexibility index (Phi) is 4.70. The van der Waals surface area contributed by atoms with E-state index in [0.29, 0.717) is 10.6 Å². The van der Waals surface area contributed by atoms with Crippen molar-refractivity contribution < 1.29 is 14.3 Å². The third kappa shape index (κ3) is 3.34. The molecule has 0 aromatic carbocycles. The molecule has 1 amide bonds. The Balaban J connectivity index is 2.06. The van der Waals surface area contributed by atoms with E-state index in [0.717, 1.165) is 10.4 Å². The van der Waals surface area contributed by atoms with Crippen LogP contribution in [-0.4, -0.2) is 19.0 Å². The van der Waals surface area contributed by atoms with Crippen molar-refractivity contribution in [2.24, 2.45) is 0 Å². The molecule has 2 heterocycles. The number of carbonyl (C=O) groups excluding carboxylic acids is 2. The first-order valence-corrected chi connectivity index (χ1v) is 7.56. The van der Waals surface area contributed by atoms with E-state index in [1.165, 1.54) is 24.5 Å². The summed E-state index contributed by atoms with van der Waals surface area (Å²) in [6.45, 7) is 1.99. The van der Waals surface area contributed by atoms with E-state index < -0.39 is 5.97 Å². The van der Waals surface area contributed by atoms with Crippen LogP contribution < -0.4 is 5.32 Å². The number of hydrogen-bond acceptors (Lipinski definition) is 5. The molecule has 0 bridgehead atoms. The smallest absolute Gasteiger partial charge is 0.350 e. The van der Waals surface area contributed by atoms with E-state index in [2.05, 4.69) is 10.1 Å². The molecular weight excluding hydrogens is 294 g/mol. The summed E-state index contributed by atoms with van der Waals surface area (Å²) in [5.74, 6) is -0.727. The second kappa shape index (κ2) is 6.49. The second-order valence-electron chi connectivity index (χ2n) is 3.95. The fourth-order valence-electron chi connectivity index (χ4n) is 1.54. The Labute approximate surface area is 124 Å². The molecule has 4 nitrogen and oxygen atoms in total. The third-order valence-corrected chi connectivity index (χ3v) is 4.46.